The molecule has 1 aromatic rings. The molecule has 1 heterocycles. The Balaban J connectivity index is 2.02. The molecule has 4 heteroatoms. The molecular weight excluding hydrogens is 204 g/mol. The summed E-state index contributed by atoms with van der Waals surface area (Å²) in [7, 11) is 0. The molecule has 0 aromatic carbocycles. The van der Waals surface area contributed by atoms with E-state index < -0.39 is 5.97 Å². The third-order valence-corrected chi connectivity index (χ3v) is 3.27. The second-order valence-electron chi connectivity index (χ2n) is 4.58. The Morgan fingerprint density at radius 2 is 2.06 bits per heavy atom. The van der Waals surface area contributed by atoms with E-state index in [4.69, 9.17) is 5.11 Å². The summed E-state index contributed by atoms with van der Waals surface area (Å²) in [5.41, 5.74) is 1.77. The van der Waals surface area contributed by atoms with Crippen molar-refractivity contribution in [1.29, 1.82) is 0 Å². The maximum Gasteiger partial charge on any atom is 0.309 e. The minimum atomic E-state index is -0.809. The first kappa shape index (κ1) is 11.2. The van der Waals surface area contributed by atoms with Crippen molar-refractivity contribution < 1.29 is 9.90 Å². The van der Waals surface area contributed by atoms with Gasteiger partial charge in [-0.1, -0.05) is 25.7 Å². The van der Waals surface area contributed by atoms with Crippen molar-refractivity contribution in [3.05, 3.63) is 17.5 Å². The minimum Gasteiger partial charge on any atom is -0.481 e. The van der Waals surface area contributed by atoms with Crippen LogP contribution in [0.1, 0.15) is 55.8 Å². The van der Waals surface area contributed by atoms with E-state index in [1.807, 2.05) is 6.07 Å². The molecule has 1 aromatic heterocycles. The lowest BCUT2D eigenvalue weighted by Gasteiger charge is -2.09. The van der Waals surface area contributed by atoms with Gasteiger partial charge >= 0.3 is 5.97 Å². The number of aliphatic carboxylic acids is 1. The van der Waals surface area contributed by atoms with Crippen LogP contribution in [0.3, 0.4) is 0 Å². The number of H-pyrrole nitrogens is 1. The van der Waals surface area contributed by atoms with Gasteiger partial charge < -0.3 is 5.11 Å². The van der Waals surface area contributed by atoms with Crippen molar-refractivity contribution >= 4 is 5.97 Å². The molecule has 1 saturated carbocycles. The van der Waals surface area contributed by atoms with Crippen molar-refractivity contribution in [3.63, 3.8) is 0 Å². The van der Waals surface area contributed by atoms with Crippen molar-refractivity contribution in [2.45, 2.75) is 50.9 Å². The number of aromatic nitrogens is 2. The largest absolute Gasteiger partial charge is 0.481 e. The Kier molecular flexibility index (Phi) is 3.59. The zero-order chi connectivity index (χ0) is 11.4. The number of carboxylic acids is 1. The summed E-state index contributed by atoms with van der Waals surface area (Å²) in [5.74, 6) is -0.280. The fourth-order valence-corrected chi connectivity index (χ4v) is 2.42. The zero-order valence-electron chi connectivity index (χ0n) is 9.41. The van der Waals surface area contributed by atoms with Gasteiger partial charge in [-0.3, -0.25) is 9.89 Å². The van der Waals surface area contributed by atoms with Gasteiger partial charge in [0.1, 0.15) is 0 Å². The highest BCUT2D eigenvalue weighted by atomic mass is 16.4. The lowest BCUT2D eigenvalue weighted by molar-refractivity contribution is -0.136. The van der Waals surface area contributed by atoms with Crippen LogP contribution < -0.4 is 0 Å². The second-order valence-corrected chi connectivity index (χ2v) is 4.58. The van der Waals surface area contributed by atoms with Gasteiger partial charge in [-0.25, -0.2) is 0 Å². The van der Waals surface area contributed by atoms with E-state index in [-0.39, 0.29) is 6.42 Å². The van der Waals surface area contributed by atoms with Crippen LogP contribution in [0, 0.1) is 0 Å². The number of nitrogens with one attached hydrogen (secondary N) is 1. The Morgan fingerprint density at radius 3 is 2.69 bits per heavy atom. The SMILES string of the molecule is O=C(O)Cc1cc(C2CCCCCC2)n[nH]1. The third kappa shape index (κ3) is 2.84. The van der Waals surface area contributed by atoms with Crippen molar-refractivity contribution in [3.8, 4) is 0 Å². The number of carboxylic acid groups (broad SMARTS) is 1. The summed E-state index contributed by atoms with van der Waals surface area (Å²) in [4.78, 5) is 10.6. The molecule has 0 saturated heterocycles. The summed E-state index contributed by atoms with van der Waals surface area (Å²) in [6.45, 7) is 0. The van der Waals surface area contributed by atoms with Crippen LogP contribution in [0.2, 0.25) is 0 Å². The highest BCUT2D eigenvalue weighted by Gasteiger charge is 2.17. The molecule has 0 amide bonds. The van der Waals surface area contributed by atoms with Gasteiger partial charge in [0.25, 0.3) is 0 Å². The van der Waals surface area contributed by atoms with Gasteiger partial charge in [-0.2, -0.15) is 5.10 Å². The van der Waals surface area contributed by atoms with Gasteiger partial charge in [0.2, 0.25) is 0 Å². The monoisotopic (exact) mass is 222 g/mol. The first-order chi connectivity index (χ1) is 7.75. The third-order valence-electron chi connectivity index (χ3n) is 3.27. The maximum atomic E-state index is 10.6. The molecule has 0 atom stereocenters. The van der Waals surface area contributed by atoms with E-state index in [0.717, 1.165) is 5.69 Å². The molecule has 0 bridgehead atoms. The van der Waals surface area contributed by atoms with Crippen LogP contribution >= 0.6 is 0 Å². The Hall–Kier alpha value is -1.32. The highest BCUT2D eigenvalue weighted by Crippen LogP contribution is 2.30. The predicted octanol–water partition coefficient (Wildman–Crippen LogP) is 2.47. The molecule has 1 aliphatic rings. The molecule has 0 unspecified atom stereocenters. The topological polar surface area (TPSA) is 66.0 Å². The molecule has 2 N–H and O–H groups in total. The number of rotatable bonds is 3. The van der Waals surface area contributed by atoms with Gasteiger partial charge in [0.05, 0.1) is 12.1 Å². The van der Waals surface area contributed by atoms with Crippen LogP contribution in [-0.2, 0) is 11.2 Å². The minimum absolute atomic E-state index is 0.0414. The summed E-state index contributed by atoms with van der Waals surface area (Å²) in [6, 6.07) is 1.92. The van der Waals surface area contributed by atoms with E-state index in [9.17, 15) is 4.79 Å². The van der Waals surface area contributed by atoms with Crippen molar-refractivity contribution in [2.24, 2.45) is 0 Å². The van der Waals surface area contributed by atoms with Gasteiger partial charge in [0, 0.05) is 11.6 Å². The first-order valence-corrected chi connectivity index (χ1v) is 6.01. The standard InChI is InChI=1S/C12H18N2O2/c15-12(16)8-10-7-11(14-13-10)9-5-3-1-2-4-6-9/h7,9H,1-6,8H2,(H,13,14)(H,15,16). The van der Waals surface area contributed by atoms with Crippen molar-refractivity contribution in [1.82, 2.24) is 10.2 Å². The molecule has 0 spiro atoms. The summed E-state index contributed by atoms with van der Waals surface area (Å²) >= 11 is 0. The molecular formula is C12H18N2O2. The molecule has 0 aliphatic heterocycles. The first-order valence-electron chi connectivity index (χ1n) is 6.01. The van der Waals surface area contributed by atoms with E-state index in [1.54, 1.807) is 0 Å². The molecule has 16 heavy (non-hydrogen) atoms. The Labute approximate surface area is 95.1 Å². The van der Waals surface area contributed by atoms with Crippen LogP contribution in [-0.4, -0.2) is 21.3 Å². The normalized spacial score (nSPS) is 18.2. The average molecular weight is 222 g/mol. The molecule has 1 aliphatic carbocycles. The number of aromatic amines is 1. The lowest BCUT2D eigenvalue weighted by atomic mass is 9.96. The molecule has 0 radical (unpaired) electrons. The van der Waals surface area contributed by atoms with E-state index in [2.05, 4.69) is 10.2 Å². The highest BCUT2D eigenvalue weighted by molar-refractivity contribution is 5.69. The average Bonchev–Trinajstić information content (AvgIpc) is 2.53. The number of nitrogens with zero attached hydrogens (tertiary/aromatic N) is 1. The lowest BCUT2D eigenvalue weighted by Crippen LogP contribution is -1.99. The van der Waals surface area contributed by atoms with Gasteiger partial charge in [0.15, 0.2) is 0 Å². The van der Waals surface area contributed by atoms with Crippen molar-refractivity contribution in [2.75, 3.05) is 0 Å². The molecule has 88 valence electrons. The quantitative estimate of drug-likeness (QED) is 0.772. The van der Waals surface area contributed by atoms with E-state index in [1.165, 1.54) is 38.5 Å². The van der Waals surface area contributed by atoms with E-state index in [0.29, 0.717) is 11.6 Å². The number of hydrogen-bond donors (Lipinski definition) is 2. The molecule has 1 fully saturated rings. The molecule has 2 rings (SSSR count). The fraction of sp³-hybridized carbons (Fsp3) is 0.667. The Bertz CT molecular complexity index is 352. The van der Waals surface area contributed by atoms with E-state index >= 15 is 0 Å². The fourth-order valence-electron chi connectivity index (χ4n) is 2.42. The summed E-state index contributed by atoms with van der Waals surface area (Å²) in [6.07, 6.45) is 7.61. The maximum absolute atomic E-state index is 10.6. The van der Waals surface area contributed by atoms with Crippen LogP contribution in [0.15, 0.2) is 6.07 Å². The van der Waals surface area contributed by atoms with Gasteiger partial charge in [-0.15, -0.1) is 0 Å². The smallest absolute Gasteiger partial charge is 0.309 e. The Morgan fingerprint density at radius 1 is 1.38 bits per heavy atom. The zero-order valence-corrected chi connectivity index (χ0v) is 9.41. The summed E-state index contributed by atoms with van der Waals surface area (Å²) in [5, 5.41) is 15.8. The van der Waals surface area contributed by atoms with Crippen LogP contribution in [0.5, 0.6) is 0 Å². The van der Waals surface area contributed by atoms with Crippen LogP contribution in [0.4, 0.5) is 0 Å². The summed E-state index contributed by atoms with van der Waals surface area (Å²) < 4.78 is 0. The van der Waals surface area contributed by atoms with Gasteiger partial charge in [-0.05, 0) is 18.9 Å². The molecule has 4 nitrogen and oxygen atoms in total. The number of carbonyl (C=O) groups is 1. The second kappa shape index (κ2) is 5.14. The van der Waals surface area contributed by atoms with Crippen LogP contribution in [0.25, 0.3) is 0 Å². The predicted molar refractivity (Wildman–Crippen MR) is 60.4 cm³/mol. The number of hydrogen-bond acceptors (Lipinski definition) is 2.